The van der Waals surface area contributed by atoms with E-state index < -0.39 is 23.9 Å². The maximum Gasteiger partial charge on any atom is 0.413 e. The molecular weight excluding hydrogens is 463 g/mol. The van der Waals surface area contributed by atoms with Crippen LogP contribution in [0.3, 0.4) is 0 Å². The predicted octanol–water partition coefficient (Wildman–Crippen LogP) is 3.97. The van der Waals surface area contributed by atoms with Crippen LogP contribution in [-0.2, 0) is 4.74 Å². The number of nitrogens with one attached hydrogen (secondary N) is 3. The van der Waals surface area contributed by atoms with Crippen LogP contribution in [0.25, 0.3) is 11.1 Å². The zero-order chi connectivity index (χ0) is 24.8. The number of hydrogen-bond donors (Lipinski definition) is 3. The average Bonchev–Trinajstić information content (AvgIpc) is 2.75. The highest BCUT2D eigenvalue weighted by molar-refractivity contribution is 5.85. The maximum absolute atomic E-state index is 13.6. The molecule has 188 valence electrons. The number of carbonyl (C=O) groups is 1. The Morgan fingerprint density at radius 1 is 1.23 bits per heavy atom. The molecule has 0 bridgehead atoms. The van der Waals surface area contributed by atoms with Crippen LogP contribution in [0.4, 0.5) is 29.6 Å². The first kappa shape index (κ1) is 23.7. The first-order valence-electron chi connectivity index (χ1n) is 11.9. The van der Waals surface area contributed by atoms with Gasteiger partial charge in [0.1, 0.15) is 23.8 Å². The van der Waals surface area contributed by atoms with Gasteiger partial charge in [0, 0.05) is 37.3 Å². The number of ether oxygens (including phenoxy) is 1. The summed E-state index contributed by atoms with van der Waals surface area (Å²) in [4.78, 5) is 32.8. The topological polar surface area (TPSA) is 99.3 Å². The summed E-state index contributed by atoms with van der Waals surface area (Å²) in [5.41, 5.74) is 1.53. The van der Waals surface area contributed by atoms with E-state index in [1.54, 1.807) is 25.3 Å². The second kappa shape index (κ2) is 8.85. The minimum Gasteiger partial charge on any atom is -0.446 e. The maximum atomic E-state index is 13.6. The lowest BCUT2D eigenvalue weighted by Gasteiger charge is -2.53. The Bertz CT molecular complexity index is 1170. The quantitative estimate of drug-likeness (QED) is 0.599. The monoisotopic (exact) mass is 491 g/mol. The van der Waals surface area contributed by atoms with E-state index in [0.29, 0.717) is 29.5 Å². The van der Waals surface area contributed by atoms with E-state index in [1.807, 2.05) is 0 Å². The molecule has 5 rings (SSSR count). The number of carbonyl (C=O) groups excluding carboxylic acids is 1. The summed E-state index contributed by atoms with van der Waals surface area (Å²) in [7, 11) is 0. The SMILES string of the molecule is Cc1cnc(NC(=O)OC2CC3(CNC3)C2)cc1-c1cc(N2CCCCC2C(F)(F)F)[nH]c(=O)c1. The van der Waals surface area contributed by atoms with E-state index in [-0.39, 0.29) is 36.1 Å². The predicted molar refractivity (Wildman–Crippen MR) is 124 cm³/mol. The van der Waals surface area contributed by atoms with E-state index in [9.17, 15) is 22.8 Å². The molecule has 1 atom stereocenters. The Labute approximate surface area is 200 Å². The molecule has 1 amide bonds. The fourth-order valence-corrected chi connectivity index (χ4v) is 5.34. The second-order valence-electron chi connectivity index (χ2n) is 9.91. The van der Waals surface area contributed by atoms with E-state index in [0.717, 1.165) is 25.9 Å². The van der Waals surface area contributed by atoms with Gasteiger partial charge in [0.15, 0.2) is 0 Å². The van der Waals surface area contributed by atoms with E-state index in [1.165, 1.54) is 11.0 Å². The molecule has 2 aromatic rings. The molecule has 1 spiro atoms. The van der Waals surface area contributed by atoms with Crippen LogP contribution in [0.5, 0.6) is 0 Å². The van der Waals surface area contributed by atoms with Gasteiger partial charge in [0.25, 0.3) is 0 Å². The zero-order valence-corrected chi connectivity index (χ0v) is 19.4. The van der Waals surface area contributed by atoms with Crippen molar-refractivity contribution in [1.29, 1.82) is 0 Å². The number of piperidine rings is 1. The lowest BCUT2D eigenvalue weighted by atomic mass is 9.63. The number of halogens is 3. The van der Waals surface area contributed by atoms with E-state index in [4.69, 9.17) is 4.74 Å². The van der Waals surface area contributed by atoms with Gasteiger partial charge in [-0.1, -0.05) is 0 Å². The Morgan fingerprint density at radius 2 is 2.00 bits per heavy atom. The molecule has 35 heavy (non-hydrogen) atoms. The van der Waals surface area contributed by atoms with Gasteiger partial charge >= 0.3 is 12.3 Å². The molecule has 2 aliphatic heterocycles. The molecular formula is C24H28F3N5O3. The first-order chi connectivity index (χ1) is 16.6. The number of aromatic amines is 1. The Hall–Kier alpha value is -3.08. The molecule has 1 aliphatic carbocycles. The second-order valence-corrected chi connectivity index (χ2v) is 9.91. The molecule has 11 heteroatoms. The molecule has 0 radical (unpaired) electrons. The normalized spacial score (nSPS) is 21.8. The number of aryl methyl sites for hydroxylation is 1. The Morgan fingerprint density at radius 3 is 2.69 bits per heavy atom. The minimum atomic E-state index is -4.40. The molecule has 1 saturated carbocycles. The number of hydrogen-bond acceptors (Lipinski definition) is 6. The molecule has 3 aliphatic rings. The summed E-state index contributed by atoms with van der Waals surface area (Å²) < 4.78 is 46.4. The third-order valence-corrected chi connectivity index (χ3v) is 7.26. The molecule has 4 heterocycles. The van der Waals surface area contributed by atoms with Gasteiger partial charge in [-0.15, -0.1) is 0 Å². The van der Waals surface area contributed by atoms with Crippen molar-refractivity contribution in [2.24, 2.45) is 5.41 Å². The van der Waals surface area contributed by atoms with Crippen LogP contribution in [0.2, 0.25) is 0 Å². The molecule has 1 unspecified atom stereocenters. The summed E-state index contributed by atoms with van der Waals surface area (Å²) in [6, 6.07) is 2.84. The molecule has 8 nitrogen and oxygen atoms in total. The summed E-state index contributed by atoms with van der Waals surface area (Å²) in [5.74, 6) is 0.368. The van der Waals surface area contributed by atoms with Gasteiger partial charge < -0.3 is 19.9 Å². The highest BCUT2D eigenvalue weighted by atomic mass is 19.4. The van der Waals surface area contributed by atoms with Crippen LogP contribution >= 0.6 is 0 Å². The van der Waals surface area contributed by atoms with E-state index in [2.05, 4.69) is 20.6 Å². The van der Waals surface area contributed by atoms with E-state index >= 15 is 0 Å². The van der Waals surface area contributed by atoms with Crippen LogP contribution in [0, 0.1) is 12.3 Å². The van der Waals surface area contributed by atoms with Crippen molar-refractivity contribution in [1.82, 2.24) is 15.3 Å². The number of amides is 1. The van der Waals surface area contributed by atoms with Crippen molar-refractivity contribution in [3.8, 4) is 11.1 Å². The highest BCUT2D eigenvalue weighted by Crippen LogP contribution is 2.45. The fraction of sp³-hybridized carbons (Fsp3) is 0.542. The fourth-order valence-electron chi connectivity index (χ4n) is 5.34. The number of aromatic nitrogens is 2. The number of anilines is 2. The van der Waals surface area contributed by atoms with Gasteiger partial charge in [0.2, 0.25) is 5.56 Å². The molecule has 3 N–H and O–H groups in total. The van der Waals surface area contributed by atoms with Crippen molar-refractivity contribution < 1.29 is 22.7 Å². The largest absolute Gasteiger partial charge is 0.446 e. The summed E-state index contributed by atoms with van der Waals surface area (Å²) >= 11 is 0. The minimum absolute atomic E-state index is 0.0150. The van der Waals surface area contributed by atoms with Crippen molar-refractivity contribution in [2.45, 2.75) is 57.3 Å². The summed E-state index contributed by atoms with van der Waals surface area (Å²) in [6.07, 6.45) is -0.819. The van der Waals surface area contributed by atoms with Crippen LogP contribution in [0.1, 0.15) is 37.7 Å². The molecule has 3 fully saturated rings. The van der Waals surface area contributed by atoms with Gasteiger partial charge in [0.05, 0.1) is 0 Å². The molecule has 0 aromatic carbocycles. The average molecular weight is 492 g/mol. The Balaban J connectivity index is 1.35. The third kappa shape index (κ3) is 4.86. The number of rotatable bonds is 4. The number of pyridine rings is 2. The van der Waals surface area contributed by atoms with Gasteiger partial charge in [-0.25, -0.2) is 9.78 Å². The van der Waals surface area contributed by atoms with Crippen LogP contribution in [-0.4, -0.2) is 54.0 Å². The van der Waals surface area contributed by atoms with Crippen LogP contribution in [0.15, 0.2) is 29.2 Å². The van der Waals surface area contributed by atoms with Crippen LogP contribution < -0.4 is 21.1 Å². The standard InChI is InChI=1S/C24H28F3N5O3/c1-14-11-29-19(30-22(34)35-16-9-23(10-16)12-28-13-23)8-17(14)15-6-20(31-21(33)7-15)32-5-3-2-4-18(32)24(25,26)27/h6-8,11,16,18,28H,2-5,9-10,12-13H2,1H3,(H,31,33)(H,29,30,34). The zero-order valence-electron chi connectivity index (χ0n) is 19.4. The summed E-state index contributed by atoms with van der Waals surface area (Å²) in [6.45, 7) is 3.90. The lowest BCUT2D eigenvalue weighted by Crippen LogP contribution is -2.62. The Kier molecular flexibility index (Phi) is 5.98. The first-order valence-corrected chi connectivity index (χ1v) is 11.9. The van der Waals surface area contributed by atoms with Crippen molar-refractivity contribution in [3.63, 3.8) is 0 Å². The highest BCUT2D eigenvalue weighted by Gasteiger charge is 2.50. The number of H-pyrrole nitrogens is 1. The van der Waals surface area contributed by atoms with Crippen molar-refractivity contribution >= 4 is 17.7 Å². The summed E-state index contributed by atoms with van der Waals surface area (Å²) in [5, 5.41) is 5.86. The van der Waals surface area contributed by atoms with Gasteiger partial charge in [-0.3, -0.25) is 10.1 Å². The van der Waals surface area contributed by atoms with Gasteiger partial charge in [-0.05, 0) is 67.9 Å². The lowest BCUT2D eigenvalue weighted by molar-refractivity contribution is -0.152. The van der Waals surface area contributed by atoms with Gasteiger partial charge in [-0.2, -0.15) is 13.2 Å². The molecule has 2 aromatic heterocycles. The van der Waals surface area contributed by atoms with Crippen molar-refractivity contribution in [2.75, 3.05) is 29.9 Å². The van der Waals surface area contributed by atoms with Crippen molar-refractivity contribution in [3.05, 3.63) is 40.3 Å². The number of alkyl halides is 3. The third-order valence-electron chi connectivity index (χ3n) is 7.26. The molecule has 2 saturated heterocycles. The number of nitrogens with zero attached hydrogens (tertiary/aromatic N) is 2. The smallest absolute Gasteiger partial charge is 0.413 e.